The van der Waals surface area contributed by atoms with Gasteiger partial charge in [0.1, 0.15) is 11.8 Å². The Labute approximate surface area is 175 Å². The Balaban J connectivity index is 1.72. The van der Waals surface area contributed by atoms with E-state index in [9.17, 15) is 14.7 Å². The van der Waals surface area contributed by atoms with Crippen molar-refractivity contribution in [2.45, 2.75) is 26.8 Å². The molecule has 154 valence electrons. The molecule has 3 N–H and O–H groups in total. The number of phenolic OH excluding ortho intramolecular Hbond substituents is 1. The molecule has 0 aliphatic heterocycles. The van der Waals surface area contributed by atoms with Crippen LogP contribution in [0.3, 0.4) is 0 Å². The van der Waals surface area contributed by atoms with Gasteiger partial charge in [0.15, 0.2) is 0 Å². The lowest BCUT2D eigenvalue weighted by atomic mass is 10.0. The maximum absolute atomic E-state index is 12.6. The van der Waals surface area contributed by atoms with E-state index in [0.29, 0.717) is 11.1 Å². The fraction of sp³-hybridized carbons (Fsp3) is 0.208. The lowest BCUT2D eigenvalue weighted by Gasteiger charge is -2.20. The van der Waals surface area contributed by atoms with Gasteiger partial charge in [-0.3, -0.25) is 9.59 Å². The van der Waals surface area contributed by atoms with E-state index in [0.717, 1.165) is 16.3 Å². The van der Waals surface area contributed by atoms with Crippen LogP contribution in [0.1, 0.15) is 35.3 Å². The van der Waals surface area contributed by atoms with Crippen molar-refractivity contribution in [3.05, 3.63) is 77.4 Å². The number of nitrogens with one attached hydrogen (secondary N) is 2. The lowest BCUT2D eigenvalue weighted by molar-refractivity contribution is -0.123. The van der Waals surface area contributed by atoms with Crippen LogP contribution in [0.4, 0.5) is 0 Å². The molecule has 3 aromatic carbocycles. The molecule has 0 fully saturated rings. The molecule has 0 spiro atoms. The number of aromatic hydroxyl groups is 1. The molecule has 0 aliphatic rings. The highest BCUT2D eigenvalue weighted by atomic mass is 16.3. The second-order valence-electron chi connectivity index (χ2n) is 7.51. The predicted octanol–water partition coefficient (Wildman–Crippen LogP) is 3.76. The van der Waals surface area contributed by atoms with Crippen LogP contribution in [-0.2, 0) is 4.79 Å². The summed E-state index contributed by atoms with van der Waals surface area (Å²) in [6, 6.07) is 17.4. The second-order valence-corrected chi connectivity index (χ2v) is 7.51. The predicted molar refractivity (Wildman–Crippen MR) is 119 cm³/mol. The van der Waals surface area contributed by atoms with Crippen LogP contribution in [-0.4, -0.2) is 29.2 Å². The monoisotopic (exact) mass is 403 g/mol. The molecule has 3 aromatic rings. The topological polar surface area (TPSA) is 90.8 Å². The Bertz CT molecular complexity index is 1090. The number of carbonyl (C=O) groups excluding carboxylic acids is 2. The van der Waals surface area contributed by atoms with E-state index in [4.69, 9.17) is 0 Å². The Morgan fingerprint density at radius 2 is 1.70 bits per heavy atom. The van der Waals surface area contributed by atoms with Crippen LogP contribution in [0.15, 0.2) is 65.8 Å². The first-order chi connectivity index (χ1) is 14.4. The van der Waals surface area contributed by atoms with Crippen LogP contribution in [0, 0.1) is 12.8 Å². The molecule has 0 aliphatic carbocycles. The Morgan fingerprint density at radius 3 is 2.40 bits per heavy atom. The molecule has 3 rings (SSSR count). The quantitative estimate of drug-likeness (QED) is 0.432. The standard InChI is InChI=1S/C24H25N3O3/c1-15(2)22(26-23(29)18-10-8-16(3)9-11-18)24(30)27-25-14-20-19-7-5-4-6-17(19)12-13-21(20)28/h4-15,22,28H,1-3H3,(H,26,29)(H,27,30). The van der Waals surface area contributed by atoms with Crippen LogP contribution in [0.2, 0.25) is 0 Å². The number of phenols is 1. The summed E-state index contributed by atoms with van der Waals surface area (Å²) in [4.78, 5) is 25.1. The third-order valence-electron chi connectivity index (χ3n) is 4.87. The van der Waals surface area contributed by atoms with Gasteiger partial charge in [-0.05, 0) is 41.8 Å². The van der Waals surface area contributed by atoms with Gasteiger partial charge in [-0.2, -0.15) is 5.10 Å². The molecule has 1 unspecified atom stereocenters. The second kappa shape index (κ2) is 9.22. The van der Waals surface area contributed by atoms with Gasteiger partial charge in [0.2, 0.25) is 0 Å². The minimum atomic E-state index is -0.753. The SMILES string of the molecule is Cc1ccc(C(=O)NC(C(=O)NN=Cc2c(O)ccc3ccccc23)C(C)C)cc1. The molecule has 2 amide bonds. The van der Waals surface area contributed by atoms with E-state index in [-0.39, 0.29) is 17.6 Å². The van der Waals surface area contributed by atoms with Gasteiger partial charge in [-0.25, -0.2) is 5.43 Å². The molecule has 0 aromatic heterocycles. The number of fused-ring (bicyclic) bond motifs is 1. The maximum Gasteiger partial charge on any atom is 0.262 e. The van der Waals surface area contributed by atoms with Crippen LogP contribution in [0.5, 0.6) is 5.75 Å². The normalized spacial score (nSPS) is 12.3. The van der Waals surface area contributed by atoms with E-state index in [1.807, 2.05) is 63.2 Å². The molecule has 0 heterocycles. The van der Waals surface area contributed by atoms with Crippen molar-refractivity contribution in [1.82, 2.24) is 10.7 Å². The maximum atomic E-state index is 12.6. The zero-order valence-corrected chi connectivity index (χ0v) is 17.2. The molecule has 0 saturated heterocycles. The molecular weight excluding hydrogens is 378 g/mol. The van der Waals surface area contributed by atoms with Crippen molar-refractivity contribution < 1.29 is 14.7 Å². The number of rotatable bonds is 6. The van der Waals surface area contributed by atoms with Gasteiger partial charge in [0.05, 0.1) is 6.21 Å². The van der Waals surface area contributed by atoms with Crippen LogP contribution in [0.25, 0.3) is 10.8 Å². The number of carbonyl (C=O) groups is 2. The number of nitrogens with zero attached hydrogens (tertiary/aromatic N) is 1. The average Bonchev–Trinajstić information content (AvgIpc) is 2.73. The Hall–Kier alpha value is -3.67. The molecular formula is C24H25N3O3. The first-order valence-electron chi connectivity index (χ1n) is 9.78. The first kappa shape index (κ1) is 21.0. The fourth-order valence-electron chi connectivity index (χ4n) is 3.11. The van der Waals surface area contributed by atoms with Gasteiger partial charge < -0.3 is 10.4 Å². The Kier molecular flexibility index (Phi) is 6.47. The van der Waals surface area contributed by atoms with Crippen molar-refractivity contribution in [3.8, 4) is 5.75 Å². The zero-order chi connectivity index (χ0) is 21.7. The van der Waals surface area contributed by atoms with Gasteiger partial charge >= 0.3 is 0 Å². The molecule has 0 bridgehead atoms. The number of hydrogen-bond donors (Lipinski definition) is 3. The third-order valence-corrected chi connectivity index (χ3v) is 4.87. The number of benzene rings is 3. The minimum Gasteiger partial charge on any atom is -0.507 e. The van der Waals surface area contributed by atoms with E-state index in [2.05, 4.69) is 15.8 Å². The third kappa shape index (κ3) is 4.84. The van der Waals surface area contributed by atoms with Gasteiger partial charge in [-0.1, -0.05) is 61.9 Å². The van der Waals surface area contributed by atoms with Crippen molar-refractivity contribution in [3.63, 3.8) is 0 Å². The molecule has 0 saturated carbocycles. The van der Waals surface area contributed by atoms with E-state index < -0.39 is 11.9 Å². The Morgan fingerprint density at radius 1 is 1.00 bits per heavy atom. The lowest BCUT2D eigenvalue weighted by Crippen LogP contribution is -2.48. The van der Waals surface area contributed by atoms with Crippen molar-refractivity contribution in [2.75, 3.05) is 0 Å². The summed E-state index contributed by atoms with van der Waals surface area (Å²) in [5.41, 5.74) is 4.53. The minimum absolute atomic E-state index is 0.0692. The summed E-state index contributed by atoms with van der Waals surface area (Å²) in [5, 5.41) is 18.7. The summed E-state index contributed by atoms with van der Waals surface area (Å²) in [7, 11) is 0. The zero-order valence-electron chi connectivity index (χ0n) is 17.2. The smallest absolute Gasteiger partial charge is 0.262 e. The number of hydrogen-bond acceptors (Lipinski definition) is 4. The highest BCUT2D eigenvalue weighted by Gasteiger charge is 2.24. The van der Waals surface area contributed by atoms with Crippen molar-refractivity contribution >= 4 is 28.8 Å². The number of hydrazone groups is 1. The van der Waals surface area contributed by atoms with E-state index in [1.165, 1.54) is 6.21 Å². The summed E-state index contributed by atoms with van der Waals surface area (Å²) in [6.45, 7) is 5.64. The fourth-order valence-corrected chi connectivity index (χ4v) is 3.11. The van der Waals surface area contributed by atoms with E-state index >= 15 is 0 Å². The molecule has 6 nitrogen and oxygen atoms in total. The summed E-state index contributed by atoms with van der Waals surface area (Å²) >= 11 is 0. The summed E-state index contributed by atoms with van der Waals surface area (Å²) in [6.07, 6.45) is 1.41. The first-order valence-corrected chi connectivity index (χ1v) is 9.78. The van der Waals surface area contributed by atoms with Crippen LogP contribution < -0.4 is 10.7 Å². The molecule has 0 radical (unpaired) electrons. The highest BCUT2D eigenvalue weighted by Crippen LogP contribution is 2.25. The largest absolute Gasteiger partial charge is 0.507 e. The van der Waals surface area contributed by atoms with Gasteiger partial charge in [0.25, 0.3) is 11.8 Å². The van der Waals surface area contributed by atoms with Crippen molar-refractivity contribution in [1.29, 1.82) is 0 Å². The molecule has 30 heavy (non-hydrogen) atoms. The van der Waals surface area contributed by atoms with Gasteiger partial charge in [0, 0.05) is 11.1 Å². The highest BCUT2D eigenvalue weighted by molar-refractivity contribution is 6.03. The number of amides is 2. The summed E-state index contributed by atoms with van der Waals surface area (Å²) < 4.78 is 0. The molecule has 6 heteroatoms. The number of aryl methyl sites for hydroxylation is 1. The average molecular weight is 403 g/mol. The van der Waals surface area contributed by atoms with E-state index in [1.54, 1.807) is 18.2 Å². The van der Waals surface area contributed by atoms with Gasteiger partial charge in [-0.15, -0.1) is 0 Å². The van der Waals surface area contributed by atoms with Crippen molar-refractivity contribution in [2.24, 2.45) is 11.0 Å². The molecule has 1 atom stereocenters. The summed E-state index contributed by atoms with van der Waals surface area (Å²) in [5.74, 6) is -0.818. The van der Waals surface area contributed by atoms with Crippen LogP contribution >= 0.6 is 0 Å².